The van der Waals surface area contributed by atoms with Crippen LogP contribution in [0.15, 0.2) is 0 Å². The molecule has 0 spiro atoms. The average Bonchev–Trinajstić information content (AvgIpc) is 1.82. The van der Waals surface area contributed by atoms with Crippen LogP contribution >= 0.6 is 0 Å². The van der Waals surface area contributed by atoms with E-state index in [0.717, 1.165) is 6.26 Å². The van der Waals surface area contributed by atoms with Crippen molar-refractivity contribution < 1.29 is 18.5 Å². The molecule has 0 amide bonds. The van der Waals surface area contributed by atoms with Crippen molar-refractivity contribution in [3.63, 3.8) is 0 Å². The SMILES string of the molecule is CC(B(O)O)[C@@H](C)NS(C)(=O)=O. The lowest BCUT2D eigenvalue weighted by Crippen LogP contribution is -2.39. The normalized spacial score (nSPS) is 17.1. The summed E-state index contributed by atoms with van der Waals surface area (Å²) in [4.78, 5) is 0. The molecule has 0 saturated carbocycles. The third kappa shape index (κ3) is 4.71. The van der Waals surface area contributed by atoms with Crippen molar-refractivity contribution in [2.45, 2.75) is 25.7 Å². The predicted octanol–water partition coefficient (Wildman–Crippen LogP) is -1.21. The highest BCUT2D eigenvalue weighted by Crippen LogP contribution is 2.11. The number of sulfonamides is 1. The van der Waals surface area contributed by atoms with Gasteiger partial charge in [0.25, 0.3) is 0 Å². The van der Waals surface area contributed by atoms with Crippen LogP contribution in [0.5, 0.6) is 0 Å². The van der Waals surface area contributed by atoms with E-state index < -0.39 is 29.0 Å². The fraction of sp³-hybridized carbons (Fsp3) is 1.00. The summed E-state index contributed by atoms with van der Waals surface area (Å²) >= 11 is 0. The van der Waals surface area contributed by atoms with Crippen LogP contribution in [0.2, 0.25) is 5.82 Å². The Morgan fingerprint density at radius 2 is 1.75 bits per heavy atom. The highest BCUT2D eigenvalue weighted by Gasteiger charge is 2.25. The van der Waals surface area contributed by atoms with Gasteiger partial charge in [-0.1, -0.05) is 6.92 Å². The van der Waals surface area contributed by atoms with Crippen LogP contribution in [0.1, 0.15) is 13.8 Å². The van der Waals surface area contributed by atoms with Crippen LogP contribution in [0.3, 0.4) is 0 Å². The van der Waals surface area contributed by atoms with Gasteiger partial charge in [0.2, 0.25) is 10.0 Å². The summed E-state index contributed by atoms with van der Waals surface area (Å²) in [6.45, 7) is 3.12. The topological polar surface area (TPSA) is 86.6 Å². The Morgan fingerprint density at radius 1 is 1.33 bits per heavy atom. The molecule has 0 saturated heterocycles. The van der Waals surface area contributed by atoms with Crippen LogP contribution in [-0.2, 0) is 10.0 Å². The summed E-state index contributed by atoms with van der Waals surface area (Å²) in [5, 5.41) is 17.4. The summed E-state index contributed by atoms with van der Waals surface area (Å²) in [7, 11) is -4.78. The minimum absolute atomic E-state index is 0.486. The maximum atomic E-state index is 10.7. The van der Waals surface area contributed by atoms with E-state index in [-0.39, 0.29) is 0 Å². The van der Waals surface area contributed by atoms with Crippen molar-refractivity contribution in [2.24, 2.45) is 0 Å². The molecule has 2 atom stereocenters. The lowest BCUT2D eigenvalue weighted by atomic mass is 9.70. The number of hydrogen-bond acceptors (Lipinski definition) is 4. The van der Waals surface area contributed by atoms with Gasteiger partial charge in [0.1, 0.15) is 0 Å². The zero-order valence-electron chi connectivity index (χ0n) is 7.35. The zero-order chi connectivity index (χ0) is 9.94. The Hall–Kier alpha value is -0.105. The Balaban J connectivity index is 4.14. The molecule has 0 bridgehead atoms. The maximum absolute atomic E-state index is 10.7. The molecule has 12 heavy (non-hydrogen) atoms. The quantitative estimate of drug-likeness (QED) is 0.491. The average molecular weight is 195 g/mol. The van der Waals surface area contributed by atoms with E-state index in [1.165, 1.54) is 0 Å². The monoisotopic (exact) mass is 195 g/mol. The molecule has 5 nitrogen and oxygen atoms in total. The van der Waals surface area contributed by atoms with Gasteiger partial charge in [0.05, 0.1) is 6.26 Å². The second kappa shape index (κ2) is 4.22. The molecule has 0 aliphatic carbocycles. The van der Waals surface area contributed by atoms with E-state index in [1.807, 2.05) is 0 Å². The lowest BCUT2D eigenvalue weighted by molar-refractivity contribution is 0.374. The molecular weight excluding hydrogens is 181 g/mol. The van der Waals surface area contributed by atoms with Gasteiger partial charge in [0.15, 0.2) is 0 Å². The van der Waals surface area contributed by atoms with Gasteiger partial charge in [-0.3, -0.25) is 0 Å². The van der Waals surface area contributed by atoms with Gasteiger partial charge < -0.3 is 10.0 Å². The molecule has 7 heteroatoms. The molecule has 0 aromatic heterocycles. The van der Waals surface area contributed by atoms with Crippen molar-refractivity contribution in [1.82, 2.24) is 4.72 Å². The maximum Gasteiger partial charge on any atom is 0.456 e. The van der Waals surface area contributed by atoms with Crippen molar-refractivity contribution in [1.29, 1.82) is 0 Å². The zero-order valence-corrected chi connectivity index (χ0v) is 8.17. The molecular formula is C5H14BNO4S. The minimum atomic E-state index is -3.27. The Kier molecular flexibility index (Phi) is 4.19. The molecule has 0 aliphatic rings. The van der Waals surface area contributed by atoms with Gasteiger partial charge in [-0.2, -0.15) is 0 Å². The van der Waals surface area contributed by atoms with E-state index in [1.54, 1.807) is 13.8 Å². The van der Waals surface area contributed by atoms with Crippen molar-refractivity contribution in [3.05, 3.63) is 0 Å². The van der Waals surface area contributed by atoms with Crippen LogP contribution in [-0.4, -0.2) is 37.9 Å². The van der Waals surface area contributed by atoms with Crippen molar-refractivity contribution in [3.8, 4) is 0 Å². The van der Waals surface area contributed by atoms with E-state index in [9.17, 15) is 8.42 Å². The summed E-state index contributed by atoms with van der Waals surface area (Å²) in [5.41, 5.74) is 0. The molecule has 3 N–H and O–H groups in total. The molecule has 0 fully saturated rings. The number of hydrogen-bond donors (Lipinski definition) is 3. The van der Waals surface area contributed by atoms with E-state index in [2.05, 4.69) is 4.72 Å². The van der Waals surface area contributed by atoms with Crippen LogP contribution < -0.4 is 4.72 Å². The summed E-state index contributed by atoms with van der Waals surface area (Å²) in [5.74, 6) is -0.528. The van der Waals surface area contributed by atoms with Crippen LogP contribution in [0.4, 0.5) is 0 Å². The highest BCUT2D eigenvalue weighted by molar-refractivity contribution is 7.88. The molecule has 0 aromatic rings. The van der Waals surface area contributed by atoms with E-state index in [4.69, 9.17) is 10.0 Å². The Morgan fingerprint density at radius 3 is 2.00 bits per heavy atom. The molecule has 0 aromatic carbocycles. The van der Waals surface area contributed by atoms with E-state index >= 15 is 0 Å². The van der Waals surface area contributed by atoms with E-state index in [0.29, 0.717) is 0 Å². The Bertz CT molecular complexity index is 228. The van der Waals surface area contributed by atoms with Gasteiger partial charge in [0, 0.05) is 11.9 Å². The van der Waals surface area contributed by atoms with Crippen molar-refractivity contribution >= 4 is 17.1 Å². The van der Waals surface area contributed by atoms with Gasteiger partial charge >= 0.3 is 7.12 Å². The molecule has 72 valence electrons. The first-order valence-corrected chi connectivity index (χ1v) is 5.46. The van der Waals surface area contributed by atoms with Crippen LogP contribution in [0.25, 0.3) is 0 Å². The molecule has 0 rings (SSSR count). The fourth-order valence-corrected chi connectivity index (χ4v) is 1.59. The molecule has 0 aliphatic heterocycles. The summed E-state index contributed by atoms with van der Waals surface area (Å²) in [6, 6.07) is -0.486. The summed E-state index contributed by atoms with van der Waals surface area (Å²) < 4.78 is 23.6. The molecule has 0 heterocycles. The van der Waals surface area contributed by atoms with Crippen molar-refractivity contribution in [2.75, 3.05) is 6.26 Å². The lowest BCUT2D eigenvalue weighted by Gasteiger charge is -2.18. The van der Waals surface area contributed by atoms with Gasteiger partial charge in [-0.15, -0.1) is 0 Å². The molecule has 1 unspecified atom stereocenters. The summed E-state index contributed by atoms with van der Waals surface area (Å²) in [6.07, 6.45) is 1.03. The first-order valence-electron chi connectivity index (χ1n) is 3.57. The third-order valence-corrected chi connectivity index (χ3v) is 2.46. The Labute approximate surface area is 73.0 Å². The third-order valence-electron chi connectivity index (χ3n) is 1.66. The highest BCUT2D eigenvalue weighted by atomic mass is 32.2. The standard InChI is InChI=1S/C5H14BNO4S/c1-4(6(8)9)5(2)7-12(3,10)11/h4-5,7-9H,1-3H3/t4?,5-/m1/s1. The second-order valence-corrected chi connectivity index (χ2v) is 4.73. The molecule has 0 radical (unpaired) electrons. The largest absolute Gasteiger partial charge is 0.456 e. The fourth-order valence-electron chi connectivity index (χ4n) is 0.703. The second-order valence-electron chi connectivity index (χ2n) is 2.95. The van der Waals surface area contributed by atoms with Gasteiger partial charge in [-0.25, -0.2) is 13.1 Å². The predicted molar refractivity (Wildman–Crippen MR) is 47.1 cm³/mol. The smallest absolute Gasteiger partial charge is 0.427 e. The van der Waals surface area contributed by atoms with Gasteiger partial charge in [-0.05, 0) is 6.92 Å². The first-order chi connectivity index (χ1) is 5.24. The minimum Gasteiger partial charge on any atom is -0.427 e. The first kappa shape index (κ1) is 11.9. The number of nitrogens with one attached hydrogen (secondary N) is 1. The van der Waals surface area contributed by atoms with Crippen LogP contribution in [0, 0.1) is 0 Å². The number of rotatable bonds is 4.